The van der Waals surface area contributed by atoms with Crippen LogP contribution in [-0.2, 0) is 0 Å². The van der Waals surface area contributed by atoms with Gasteiger partial charge in [0.15, 0.2) is 5.82 Å². The minimum Gasteiger partial charge on any atom is -0.389 e. The molecule has 0 radical (unpaired) electrons. The van der Waals surface area contributed by atoms with Crippen LogP contribution in [0.4, 0.5) is 5.82 Å². The highest BCUT2D eigenvalue weighted by Gasteiger charge is 2.20. The summed E-state index contributed by atoms with van der Waals surface area (Å²) in [5.74, 6) is 1.67. The molecule has 1 aliphatic carbocycles. The first-order valence-corrected chi connectivity index (χ1v) is 6.03. The second-order valence-corrected chi connectivity index (χ2v) is 4.61. The van der Waals surface area contributed by atoms with Crippen molar-refractivity contribution in [1.29, 1.82) is 0 Å². The Morgan fingerprint density at radius 1 is 1.56 bits per heavy atom. The van der Waals surface area contributed by atoms with Gasteiger partial charge in [0.2, 0.25) is 0 Å². The Morgan fingerprint density at radius 2 is 2.38 bits per heavy atom. The van der Waals surface area contributed by atoms with Crippen LogP contribution in [0, 0.1) is 5.92 Å². The molecule has 16 heavy (non-hydrogen) atoms. The van der Waals surface area contributed by atoms with Crippen LogP contribution in [0.5, 0.6) is 0 Å². The molecule has 0 spiro atoms. The molecule has 0 saturated heterocycles. The van der Waals surface area contributed by atoms with Crippen molar-refractivity contribution >= 4 is 23.0 Å². The molecular formula is C11H16N4S. The van der Waals surface area contributed by atoms with E-state index in [0.717, 1.165) is 24.4 Å². The van der Waals surface area contributed by atoms with Gasteiger partial charge >= 0.3 is 0 Å². The van der Waals surface area contributed by atoms with Crippen molar-refractivity contribution in [3.05, 3.63) is 17.8 Å². The molecule has 0 aromatic carbocycles. The maximum absolute atomic E-state index is 5.60. The van der Waals surface area contributed by atoms with Gasteiger partial charge in [-0.1, -0.05) is 25.1 Å². The van der Waals surface area contributed by atoms with Crippen LogP contribution in [0.25, 0.3) is 0 Å². The number of rotatable bonds is 6. The predicted octanol–water partition coefficient (Wildman–Crippen LogP) is 1.71. The average Bonchev–Trinajstić information content (AvgIpc) is 3.08. The quantitative estimate of drug-likeness (QED) is 0.581. The number of thiocarbonyl (C=S) groups is 1. The fourth-order valence-electron chi connectivity index (χ4n) is 1.67. The van der Waals surface area contributed by atoms with Gasteiger partial charge in [-0.3, -0.25) is 0 Å². The van der Waals surface area contributed by atoms with E-state index in [2.05, 4.69) is 15.5 Å². The summed E-state index contributed by atoms with van der Waals surface area (Å²) in [4.78, 5) is 0.361. The summed E-state index contributed by atoms with van der Waals surface area (Å²) in [5, 5.41) is 11.1. The fraction of sp³-hybridized carbons (Fsp3) is 0.545. The monoisotopic (exact) mass is 236 g/mol. The maximum atomic E-state index is 5.60. The Kier molecular flexibility index (Phi) is 3.66. The summed E-state index contributed by atoms with van der Waals surface area (Å²) in [5.41, 5.74) is 6.38. The minimum atomic E-state index is 0.361. The average molecular weight is 236 g/mol. The van der Waals surface area contributed by atoms with Crippen LogP contribution in [0.3, 0.4) is 0 Å². The molecule has 1 aromatic rings. The molecule has 0 unspecified atom stereocenters. The Bertz CT molecular complexity index is 376. The molecule has 0 atom stereocenters. The van der Waals surface area contributed by atoms with Gasteiger partial charge in [0.05, 0.1) is 11.8 Å². The first-order valence-electron chi connectivity index (χ1n) is 5.62. The van der Waals surface area contributed by atoms with Gasteiger partial charge < -0.3 is 11.1 Å². The summed E-state index contributed by atoms with van der Waals surface area (Å²) in [6.45, 7) is 0.908. The number of nitrogens with zero attached hydrogens (tertiary/aromatic N) is 2. The SMILES string of the molecule is NC(=S)c1ccnnc1NCCCC1CC1. The molecule has 0 aliphatic heterocycles. The number of hydrogen-bond donors (Lipinski definition) is 2. The molecule has 1 heterocycles. The van der Waals surface area contributed by atoms with Crippen molar-refractivity contribution < 1.29 is 0 Å². The summed E-state index contributed by atoms with van der Waals surface area (Å²) >= 11 is 4.95. The second-order valence-electron chi connectivity index (χ2n) is 4.17. The first-order chi connectivity index (χ1) is 7.77. The lowest BCUT2D eigenvalue weighted by Crippen LogP contribution is -2.15. The Balaban J connectivity index is 1.84. The molecule has 4 nitrogen and oxygen atoms in total. The van der Waals surface area contributed by atoms with Crippen LogP contribution < -0.4 is 11.1 Å². The van der Waals surface area contributed by atoms with E-state index in [1.807, 2.05) is 0 Å². The van der Waals surface area contributed by atoms with Crippen LogP contribution in [0.1, 0.15) is 31.2 Å². The number of nitrogens with one attached hydrogen (secondary N) is 1. The molecule has 5 heteroatoms. The van der Waals surface area contributed by atoms with Crippen LogP contribution in [0.2, 0.25) is 0 Å². The minimum absolute atomic E-state index is 0.361. The zero-order valence-corrected chi connectivity index (χ0v) is 9.96. The van der Waals surface area contributed by atoms with E-state index in [1.165, 1.54) is 19.3 Å². The Labute approximate surface area is 101 Å². The molecule has 3 N–H and O–H groups in total. The molecule has 86 valence electrons. The van der Waals surface area contributed by atoms with E-state index in [1.54, 1.807) is 12.3 Å². The Hall–Kier alpha value is -1.23. The Morgan fingerprint density at radius 3 is 3.06 bits per heavy atom. The van der Waals surface area contributed by atoms with E-state index >= 15 is 0 Å². The van der Waals surface area contributed by atoms with E-state index in [4.69, 9.17) is 18.0 Å². The third-order valence-corrected chi connectivity index (χ3v) is 2.98. The lowest BCUT2D eigenvalue weighted by atomic mass is 10.2. The van der Waals surface area contributed by atoms with Gasteiger partial charge in [0.25, 0.3) is 0 Å². The normalized spacial score (nSPS) is 14.8. The van der Waals surface area contributed by atoms with Crippen LogP contribution >= 0.6 is 12.2 Å². The van der Waals surface area contributed by atoms with E-state index < -0.39 is 0 Å². The van der Waals surface area contributed by atoms with Gasteiger partial charge in [0.1, 0.15) is 4.99 Å². The summed E-state index contributed by atoms with van der Waals surface area (Å²) in [6, 6.07) is 1.79. The highest BCUT2D eigenvalue weighted by molar-refractivity contribution is 7.80. The third-order valence-electron chi connectivity index (χ3n) is 2.76. The third kappa shape index (κ3) is 3.13. The lowest BCUT2D eigenvalue weighted by Gasteiger charge is -2.08. The van der Waals surface area contributed by atoms with E-state index in [0.29, 0.717) is 10.8 Å². The number of hydrogen-bond acceptors (Lipinski definition) is 4. The fourth-order valence-corrected chi connectivity index (χ4v) is 1.83. The predicted molar refractivity (Wildman–Crippen MR) is 68.4 cm³/mol. The standard InChI is InChI=1S/C11H16N4S/c12-10(16)9-5-7-14-15-11(9)13-6-1-2-8-3-4-8/h5,7-8H,1-4,6H2,(H2,12,16)(H,13,15). The van der Waals surface area contributed by atoms with Gasteiger partial charge in [0, 0.05) is 6.54 Å². The number of anilines is 1. The summed E-state index contributed by atoms with van der Waals surface area (Å²) in [6.07, 6.45) is 6.88. The molecule has 1 saturated carbocycles. The summed E-state index contributed by atoms with van der Waals surface area (Å²) in [7, 11) is 0. The van der Waals surface area contributed by atoms with Crippen molar-refractivity contribution in [3.8, 4) is 0 Å². The number of nitrogens with two attached hydrogens (primary N) is 1. The molecule has 1 fully saturated rings. The molecule has 0 amide bonds. The first kappa shape index (κ1) is 11.3. The van der Waals surface area contributed by atoms with Gasteiger partial charge in [-0.2, -0.15) is 5.10 Å². The van der Waals surface area contributed by atoms with Crippen molar-refractivity contribution in [2.45, 2.75) is 25.7 Å². The van der Waals surface area contributed by atoms with Crippen LogP contribution in [-0.4, -0.2) is 21.7 Å². The smallest absolute Gasteiger partial charge is 0.158 e. The van der Waals surface area contributed by atoms with Gasteiger partial charge in [-0.05, 0) is 24.8 Å². The highest BCUT2D eigenvalue weighted by atomic mass is 32.1. The van der Waals surface area contributed by atoms with Crippen molar-refractivity contribution in [1.82, 2.24) is 10.2 Å². The van der Waals surface area contributed by atoms with Crippen molar-refractivity contribution in [2.24, 2.45) is 11.7 Å². The summed E-state index contributed by atoms with van der Waals surface area (Å²) < 4.78 is 0. The molecule has 2 rings (SSSR count). The molecule has 1 aliphatic rings. The lowest BCUT2D eigenvalue weighted by molar-refractivity contribution is 0.686. The largest absolute Gasteiger partial charge is 0.389 e. The van der Waals surface area contributed by atoms with Crippen molar-refractivity contribution in [3.63, 3.8) is 0 Å². The van der Waals surface area contributed by atoms with Crippen molar-refractivity contribution in [2.75, 3.05) is 11.9 Å². The van der Waals surface area contributed by atoms with Crippen LogP contribution in [0.15, 0.2) is 12.3 Å². The maximum Gasteiger partial charge on any atom is 0.158 e. The highest BCUT2D eigenvalue weighted by Crippen LogP contribution is 2.33. The van der Waals surface area contributed by atoms with E-state index in [9.17, 15) is 0 Å². The van der Waals surface area contributed by atoms with Gasteiger partial charge in [-0.25, -0.2) is 0 Å². The molecule has 1 aromatic heterocycles. The zero-order valence-electron chi connectivity index (χ0n) is 9.15. The molecule has 0 bridgehead atoms. The molecular weight excluding hydrogens is 220 g/mol. The van der Waals surface area contributed by atoms with Gasteiger partial charge in [-0.15, -0.1) is 5.10 Å². The zero-order chi connectivity index (χ0) is 11.4. The topological polar surface area (TPSA) is 63.8 Å². The van der Waals surface area contributed by atoms with E-state index in [-0.39, 0.29) is 0 Å². The second kappa shape index (κ2) is 5.21. The number of aromatic nitrogens is 2.